The van der Waals surface area contributed by atoms with Gasteiger partial charge >= 0.3 is 0 Å². The molecule has 1 fully saturated rings. The first-order valence-electron chi connectivity index (χ1n) is 3.77. The lowest BCUT2D eigenvalue weighted by molar-refractivity contribution is -0.0740. The van der Waals surface area contributed by atoms with Crippen LogP contribution in [0.5, 0.6) is 0 Å². The highest BCUT2D eigenvalue weighted by atomic mass is 16.3. The number of hydrogen-bond donors (Lipinski definition) is 3. The van der Waals surface area contributed by atoms with Crippen molar-refractivity contribution in [3.05, 3.63) is 6.92 Å². The van der Waals surface area contributed by atoms with Gasteiger partial charge in [0.2, 0.25) is 0 Å². The molecule has 64 valence electrons. The highest BCUT2D eigenvalue weighted by molar-refractivity contribution is 5.01. The molecule has 0 amide bonds. The van der Waals surface area contributed by atoms with E-state index in [1.165, 1.54) is 6.92 Å². The van der Waals surface area contributed by atoms with Gasteiger partial charge in [0, 0.05) is 12.5 Å². The van der Waals surface area contributed by atoms with Gasteiger partial charge in [-0.15, -0.1) is 0 Å². The SMILES string of the molecule is [CH][C@@H]1C[C@H](CO)[C@H](O)C1(C)O. The molecule has 1 aliphatic rings. The molecule has 0 aromatic carbocycles. The van der Waals surface area contributed by atoms with E-state index in [9.17, 15) is 10.2 Å². The van der Waals surface area contributed by atoms with Crippen molar-refractivity contribution >= 4 is 0 Å². The van der Waals surface area contributed by atoms with Crippen LogP contribution in [0.2, 0.25) is 0 Å². The fourth-order valence-corrected chi connectivity index (χ4v) is 1.56. The molecule has 2 radical (unpaired) electrons. The molecule has 0 bridgehead atoms. The Morgan fingerprint density at radius 3 is 2.36 bits per heavy atom. The molecular weight excluding hydrogens is 144 g/mol. The zero-order valence-corrected chi connectivity index (χ0v) is 6.57. The van der Waals surface area contributed by atoms with Gasteiger partial charge in [-0.3, -0.25) is 0 Å². The van der Waals surface area contributed by atoms with Gasteiger partial charge in [0.25, 0.3) is 0 Å². The van der Waals surface area contributed by atoms with Gasteiger partial charge in [0.15, 0.2) is 0 Å². The largest absolute Gasteiger partial charge is 0.396 e. The van der Waals surface area contributed by atoms with Gasteiger partial charge in [-0.2, -0.15) is 0 Å². The summed E-state index contributed by atoms with van der Waals surface area (Å²) >= 11 is 0. The summed E-state index contributed by atoms with van der Waals surface area (Å²) < 4.78 is 0. The van der Waals surface area contributed by atoms with Crippen LogP contribution in [0, 0.1) is 18.8 Å². The van der Waals surface area contributed by atoms with E-state index in [0.717, 1.165) is 0 Å². The van der Waals surface area contributed by atoms with E-state index in [-0.39, 0.29) is 12.5 Å². The summed E-state index contributed by atoms with van der Waals surface area (Å²) in [6.07, 6.45) is -0.424. The molecule has 11 heavy (non-hydrogen) atoms. The maximum atomic E-state index is 9.55. The summed E-state index contributed by atoms with van der Waals surface area (Å²) in [4.78, 5) is 0. The predicted octanol–water partition coefficient (Wildman–Crippen LogP) is -0.562. The number of aliphatic hydroxyl groups is 3. The quantitative estimate of drug-likeness (QED) is 0.479. The predicted molar refractivity (Wildman–Crippen MR) is 39.6 cm³/mol. The number of hydrogen-bond acceptors (Lipinski definition) is 3. The minimum Gasteiger partial charge on any atom is -0.396 e. The molecule has 3 heteroatoms. The van der Waals surface area contributed by atoms with E-state index in [1.807, 2.05) is 0 Å². The van der Waals surface area contributed by atoms with Crippen molar-refractivity contribution in [2.75, 3.05) is 6.61 Å². The third-order valence-electron chi connectivity index (χ3n) is 2.59. The van der Waals surface area contributed by atoms with Crippen molar-refractivity contribution in [1.82, 2.24) is 0 Å². The second kappa shape index (κ2) is 2.73. The Kier molecular flexibility index (Phi) is 2.23. The van der Waals surface area contributed by atoms with Crippen LogP contribution in [0.15, 0.2) is 0 Å². The van der Waals surface area contributed by atoms with Crippen molar-refractivity contribution in [3.63, 3.8) is 0 Å². The standard InChI is InChI=1S/C8H14O3/c1-5-3-6(4-9)7(10)8(5,2)11/h1,5-7,9-11H,3-4H2,2H3/t5-,6-,7+,8?/m1/s1. The van der Waals surface area contributed by atoms with Crippen molar-refractivity contribution in [2.45, 2.75) is 25.0 Å². The molecule has 1 unspecified atom stereocenters. The molecule has 1 rings (SSSR count). The molecule has 0 aromatic rings. The van der Waals surface area contributed by atoms with Crippen LogP contribution in [-0.4, -0.2) is 33.6 Å². The minimum absolute atomic E-state index is 0.120. The Hall–Kier alpha value is -0.120. The minimum atomic E-state index is -1.24. The van der Waals surface area contributed by atoms with E-state index in [4.69, 9.17) is 12.0 Å². The fraction of sp³-hybridized carbons (Fsp3) is 0.875. The smallest absolute Gasteiger partial charge is 0.0912 e. The molecule has 0 aromatic heterocycles. The van der Waals surface area contributed by atoms with E-state index in [0.29, 0.717) is 6.42 Å². The van der Waals surface area contributed by atoms with Crippen LogP contribution < -0.4 is 0 Å². The molecule has 0 aliphatic heterocycles. The van der Waals surface area contributed by atoms with Crippen LogP contribution in [0.3, 0.4) is 0 Å². The van der Waals surface area contributed by atoms with Crippen LogP contribution in [-0.2, 0) is 0 Å². The molecule has 1 saturated carbocycles. The normalized spacial score (nSPS) is 51.5. The third kappa shape index (κ3) is 1.28. The van der Waals surface area contributed by atoms with Gasteiger partial charge in [-0.05, 0) is 26.2 Å². The average molecular weight is 158 g/mol. The Morgan fingerprint density at radius 1 is 1.64 bits per heavy atom. The van der Waals surface area contributed by atoms with Gasteiger partial charge < -0.3 is 15.3 Å². The van der Waals surface area contributed by atoms with Crippen LogP contribution in [0.1, 0.15) is 13.3 Å². The van der Waals surface area contributed by atoms with Crippen molar-refractivity contribution in [2.24, 2.45) is 11.8 Å². The van der Waals surface area contributed by atoms with Gasteiger partial charge in [-0.1, -0.05) is 0 Å². The average Bonchev–Trinajstić information content (AvgIpc) is 2.14. The Balaban J connectivity index is 2.71. The first-order chi connectivity index (χ1) is 5.00. The maximum Gasteiger partial charge on any atom is 0.0912 e. The van der Waals surface area contributed by atoms with E-state index >= 15 is 0 Å². The monoisotopic (exact) mass is 158 g/mol. The lowest BCUT2D eigenvalue weighted by Crippen LogP contribution is -2.41. The summed E-state index contributed by atoms with van der Waals surface area (Å²) in [7, 11) is 0. The second-order valence-electron chi connectivity index (χ2n) is 3.46. The van der Waals surface area contributed by atoms with Gasteiger partial charge in [0.1, 0.15) is 0 Å². The summed E-state index contributed by atoms with van der Waals surface area (Å²) in [5.74, 6) is -0.713. The highest BCUT2D eigenvalue weighted by Crippen LogP contribution is 2.38. The first-order valence-corrected chi connectivity index (χ1v) is 3.77. The molecular formula is C8H14O3. The molecule has 4 atom stereocenters. The molecule has 0 saturated heterocycles. The number of aliphatic hydroxyl groups excluding tert-OH is 2. The summed E-state index contributed by atoms with van der Waals surface area (Å²) in [6, 6.07) is 0. The number of rotatable bonds is 1. The van der Waals surface area contributed by atoms with Gasteiger partial charge in [-0.25, -0.2) is 0 Å². The fourth-order valence-electron chi connectivity index (χ4n) is 1.56. The van der Waals surface area contributed by atoms with Crippen LogP contribution in [0.4, 0.5) is 0 Å². The molecule has 0 heterocycles. The van der Waals surface area contributed by atoms with E-state index in [1.54, 1.807) is 0 Å². The van der Waals surface area contributed by atoms with Crippen molar-refractivity contribution in [3.8, 4) is 0 Å². The summed E-state index contributed by atoms with van der Waals surface area (Å²) in [5, 5.41) is 27.7. The molecule has 1 aliphatic carbocycles. The molecule has 3 N–H and O–H groups in total. The zero-order valence-electron chi connectivity index (χ0n) is 6.57. The zero-order chi connectivity index (χ0) is 8.65. The molecule has 0 spiro atoms. The van der Waals surface area contributed by atoms with Crippen LogP contribution >= 0.6 is 0 Å². The second-order valence-corrected chi connectivity index (χ2v) is 3.46. The summed E-state index contributed by atoms with van der Waals surface area (Å²) in [5.41, 5.74) is -1.24. The Bertz CT molecular complexity index is 144. The maximum absolute atomic E-state index is 9.55. The van der Waals surface area contributed by atoms with E-state index < -0.39 is 17.6 Å². The topological polar surface area (TPSA) is 60.7 Å². The van der Waals surface area contributed by atoms with Gasteiger partial charge in [0.05, 0.1) is 11.7 Å². The molecule has 3 nitrogen and oxygen atoms in total. The highest BCUT2D eigenvalue weighted by Gasteiger charge is 2.47. The lowest BCUT2D eigenvalue weighted by atomic mass is 9.93. The third-order valence-corrected chi connectivity index (χ3v) is 2.59. The van der Waals surface area contributed by atoms with Crippen molar-refractivity contribution < 1.29 is 15.3 Å². The van der Waals surface area contributed by atoms with E-state index in [2.05, 4.69) is 0 Å². The Morgan fingerprint density at radius 2 is 2.18 bits per heavy atom. The first kappa shape index (κ1) is 8.97. The summed E-state index contributed by atoms with van der Waals surface area (Å²) in [6.45, 7) is 6.93. The van der Waals surface area contributed by atoms with Crippen LogP contribution in [0.25, 0.3) is 0 Å². The lowest BCUT2D eigenvalue weighted by Gasteiger charge is -2.26. The Labute approximate surface area is 66.7 Å². The van der Waals surface area contributed by atoms with Crippen molar-refractivity contribution in [1.29, 1.82) is 0 Å².